The largest absolute Gasteiger partial charge is 0.322 e. The lowest BCUT2D eigenvalue weighted by molar-refractivity contribution is -0.117. The monoisotopic (exact) mass is 425 g/mol. The van der Waals surface area contributed by atoms with Gasteiger partial charge in [0.15, 0.2) is 0 Å². The van der Waals surface area contributed by atoms with Crippen molar-refractivity contribution in [2.75, 3.05) is 38.0 Å². The maximum absolute atomic E-state index is 12.4. The van der Waals surface area contributed by atoms with Crippen LogP contribution in [0.3, 0.4) is 0 Å². The number of nitrogens with zero attached hydrogens (tertiary/aromatic N) is 2. The Labute approximate surface area is 175 Å². The fraction of sp³-hybridized carbons (Fsp3) is 0.350. The Hall–Kier alpha value is -1.30. The van der Waals surface area contributed by atoms with E-state index < -0.39 is 0 Å². The van der Waals surface area contributed by atoms with E-state index in [1.54, 1.807) is 12.1 Å². The highest BCUT2D eigenvalue weighted by Gasteiger charge is 2.18. The molecule has 0 spiro atoms. The third kappa shape index (κ3) is 6.09. The number of anilines is 1. The maximum Gasteiger partial charge on any atom is 0.238 e. The van der Waals surface area contributed by atoms with Crippen LogP contribution in [0.4, 0.5) is 5.69 Å². The van der Waals surface area contributed by atoms with Gasteiger partial charge < -0.3 is 5.32 Å². The van der Waals surface area contributed by atoms with Crippen LogP contribution in [0.5, 0.6) is 0 Å². The van der Waals surface area contributed by atoms with Crippen molar-refractivity contribution < 1.29 is 4.79 Å². The minimum absolute atomic E-state index is 0.127. The summed E-state index contributed by atoms with van der Waals surface area (Å²) in [7, 11) is 0. The van der Waals surface area contributed by atoms with E-state index in [2.05, 4.69) is 39.4 Å². The van der Waals surface area contributed by atoms with E-state index in [4.69, 9.17) is 34.8 Å². The Balaban J connectivity index is 1.52. The third-order valence-electron chi connectivity index (χ3n) is 4.57. The zero-order valence-corrected chi connectivity index (χ0v) is 17.2. The fourth-order valence-corrected chi connectivity index (χ4v) is 4.14. The molecule has 1 amide bonds. The molecule has 144 valence electrons. The quantitative estimate of drug-likeness (QED) is 0.746. The summed E-state index contributed by atoms with van der Waals surface area (Å²) < 4.78 is 0. The van der Waals surface area contributed by atoms with Crippen LogP contribution >= 0.6 is 34.8 Å². The number of nitrogens with one attached hydrogen (secondary N) is 1. The van der Waals surface area contributed by atoms with Crippen molar-refractivity contribution in [1.82, 2.24) is 9.80 Å². The molecule has 0 atom stereocenters. The molecule has 27 heavy (non-hydrogen) atoms. The molecule has 4 nitrogen and oxygen atoms in total. The first-order valence-electron chi connectivity index (χ1n) is 8.94. The van der Waals surface area contributed by atoms with Crippen LogP contribution in [-0.4, -0.2) is 48.4 Å². The molecule has 0 aromatic heterocycles. The van der Waals surface area contributed by atoms with Crippen molar-refractivity contribution in [3.05, 3.63) is 63.1 Å². The minimum Gasteiger partial charge on any atom is -0.322 e. The summed E-state index contributed by atoms with van der Waals surface area (Å²) in [5.74, 6) is -0.127. The summed E-state index contributed by atoms with van der Waals surface area (Å²) >= 11 is 18.2. The number of carbonyl (C=O) groups excluding carboxylic acids is 1. The predicted octanol–water partition coefficient (Wildman–Crippen LogP) is 4.79. The van der Waals surface area contributed by atoms with Crippen LogP contribution < -0.4 is 5.32 Å². The van der Waals surface area contributed by atoms with Gasteiger partial charge in [0.05, 0.1) is 22.3 Å². The Bertz CT molecular complexity index is 762. The molecule has 7 heteroatoms. The molecule has 0 unspecified atom stereocenters. The smallest absolute Gasteiger partial charge is 0.238 e. The van der Waals surface area contributed by atoms with Crippen molar-refractivity contribution in [1.29, 1.82) is 0 Å². The van der Waals surface area contributed by atoms with E-state index in [0.29, 0.717) is 27.3 Å². The van der Waals surface area contributed by atoms with Gasteiger partial charge in [-0.05, 0) is 37.2 Å². The van der Waals surface area contributed by atoms with Gasteiger partial charge in [-0.25, -0.2) is 0 Å². The molecule has 0 radical (unpaired) electrons. The summed E-state index contributed by atoms with van der Waals surface area (Å²) in [6.45, 7) is 4.96. The molecule has 1 fully saturated rings. The Morgan fingerprint density at radius 1 is 0.926 bits per heavy atom. The topological polar surface area (TPSA) is 35.6 Å². The minimum atomic E-state index is -0.127. The van der Waals surface area contributed by atoms with E-state index >= 15 is 0 Å². The number of carbonyl (C=O) groups is 1. The highest BCUT2D eigenvalue weighted by Crippen LogP contribution is 2.33. The van der Waals surface area contributed by atoms with Crippen LogP contribution in [0, 0.1) is 0 Å². The van der Waals surface area contributed by atoms with E-state index in [0.717, 1.165) is 39.1 Å². The molecule has 1 aliphatic heterocycles. The molecule has 1 aliphatic rings. The predicted molar refractivity (Wildman–Crippen MR) is 113 cm³/mol. The summed E-state index contributed by atoms with van der Waals surface area (Å²) in [5, 5.41) is 3.92. The first-order valence-corrected chi connectivity index (χ1v) is 10.1. The Morgan fingerprint density at radius 2 is 1.56 bits per heavy atom. The number of rotatable bonds is 5. The summed E-state index contributed by atoms with van der Waals surface area (Å²) in [4.78, 5) is 17.0. The highest BCUT2D eigenvalue weighted by atomic mass is 35.5. The number of halogens is 3. The Kier molecular flexibility index (Phi) is 7.39. The van der Waals surface area contributed by atoms with Gasteiger partial charge in [0, 0.05) is 24.7 Å². The molecule has 2 aromatic rings. The second kappa shape index (κ2) is 9.76. The van der Waals surface area contributed by atoms with E-state index in [1.165, 1.54) is 5.56 Å². The van der Waals surface area contributed by atoms with E-state index in [9.17, 15) is 4.79 Å². The van der Waals surface area contributed by atoms with Crippen molar-refractivity contribution >= 4 is 46.4 Å². The number of hydrogen-bond donors (Lipinski definition) is 1. The molecule has 1 saturated heterocycles. The fourth-order valence-electron chi connectivity index (χ4n) is 3.23. The van der Waals surface area contributed by atoms with E-state index in [1.807, 2.05) is 6.07 Å². The molecule has 1 N–H and O–H groups in total. The molecule has 3 rings (SSSR count). The molecule has 0 aliphatic carbocycles. The van der Waals surface area contributed by atoms with Crippen LogP contribution in [0.25, 0.3) is 0 Å². The van der Waals surface area contributed by atoms with Crippen molar-refractivity contribution in [2.45, 2.75) is 13.0 Å². The zero-order valence-electron chi connectivity index (χ0n) is 14.9. The van der Waals surface area contributed by atoms with Crippen LogP contribution in [0.2, 0.25) is 15.1 Å². The summed E-state index contributed by atoms with van der Waals surface area (Å²) in [6, 6.07) is 13.6. The SMILES string of the molecule is O=C(CN1CCCN(Cc2ccccc2)CC1)Nc1c(Cl)cc(Cl)cc1Cl. The first kappa shape index (κ1) is 20.4. The molecule has 1 heterocycles. The number of benzene rings is 2. The highest BCUT2D eigenvalue weighted by molar-refractivity contribution is 6.42. The normalized spacial score (nSPS) is 16.1. The lowest BCUT2D eigenvalue weighted by atomic mass is 10.2. The van der Waals surface area contributed by atoms with Crippen molar-refractivity contribution in [3.63, 3.8) is 0 Å². The molecule has 0 saturated carbocycles. The Morgan fingerprint density at radius 3 is 2.26 bits per heavy atom. The van der Waals surface area contributed by atoms with Crippen LogP contribution in [0.15, 0.2) is 42.5 Å². The maximum atomic E-state index is 12.4. The number of hydrogen-bond acceptors (Lipinski definition) is 3. The lowest BCUT2D eigenvalue weighted by Crippen LogP contribution is -2.36. The standard InChI is InChI=1S/C20H22Cl3N3O/c21-16-11-17(22)20(18(23)12-16)24-19(27)14-26-8-4-7-25(9-10-26)13-15-5-2-1-3-6-15/h1-3,5-6,11-12H,4,7-10,13-14H2,(H,24,27). The average Bonchev–Trinajstić information content (AvgIpc) is 2.84. The molecular formula is C20H22Cl3N3O. The van der Waals surface area contributed by atoms with Crippen molar-refractivity contribution in [2.24, 2.45) is 0 Å². The van der Waals surface area contributed by atoms with Gasteiger partial charge in [0.25, 0.3) is 0 Å². The average molecular weight is 427 g/mol. The number of amides is 1. The lowest BCUT2D eigenvalue weighted by Gasteiger charge is -2.21. The second-order valence-corrected chi connectivity index (χ2v) is 7.93. The van der Waals surface area contributed by atoms with Crippen molar-refractivity contribution in [3.8, 4) is 0 Å². The molecule has 0 bridgehead atoms. The molecular weight excluding hydrogens is 405 g/mol. The van der Waals surface area contributed by atoms with Gasteiger partial charge in [0.2, 0.25) is 5.91 Å². The first-order chi connectivity index (χ1) is 13.0. The van der Waals surface area contributed by atoms with Gasteiger partial charge in [-0.1, -0.05) is 65.1 Å². The van der Waals surface area contributed by atoms with E-state index in [-0.39, 0.29) is 5.91 Å². The van der Waals surface area contributed by atoms with Crippen LogP contribution in [0.1, 0.15) is 12.0 Å². The van der Waals surface area contributed by atoms with Gasteiger partial charge in [-0.3, -0.25) is 14.6 Å². The summed E-state index contributed by atoms with van der Waals surface area (Å²) in [5.41, 5.74) is 1.73. The zero-order chi connectivity index (χ0) is 19.2. The van der Waals surface area contributed by atoms with Gasteiger partial charge in [0.1, 0.15) is 0 Å². The second-order valence-electron chi connectivity index (χ2n) is 6.68. The van der Waals surface area contributed by atoms with Gasteiger partial charge in [-0.15, -0.1) is 0 Å². The van der Waals surface area contributed by atoms with Gasteiger partial charge in [-0.2, -0.15) is 0 Å². The van der Waals surface area contributed by atoms with Crippen LogP contribution in [-0.2, 0) is 11.3 Å². The van der Waals surface area contributed by atoms with Gasteiger partial charge >= 0.3 is 0 Å². The third-order valence-corrected chi connectivity index (χ3v) is 5.38. The summed E-state index contributed by atoms with van der Waals surface area (Å²) in [6.07, 6.45) is 1.03. The molecule has 2 aromatic carbocycles.